The van der Waals surface area contributed by atoms with Gasteiger partial charge in [-0.05, 0) is 114 Å². The van der Waals surface area contributed by atoms with Crippen LogP contribution in [0.25, 0.3) is 66.7 Å². The molecule has 5 nitrogen and oxygen atoms in total. The van der Waals surface area contributed by atoms with E-state index in [0.717, 1.165) is 61.7 Å². The van der Waals surface area contributed by atoms with Crippen LogP contribution in [0, 0.1) is 0 Å². The monoisotopic (exact) mass is 854 g/mol. The van der Waals surface area contributed by atoms with Gasteiger partial charge in [-0.1, -0.05) is 168 Å². The van der Waals surface area contributed by atoms with Crippen LogP contribution in [-0.2, 0) is 21.7 Å². The Morgan fingerprint density at radius 2 is 1.15 bits per heavy atom. The summed E-state index contributed by atoms with van der Waals surface area (Å²) >= 11 is 0. The Hall–Kier alpha value is -6.72. The van der Waals surface area contributed by atoms with Gasteiger partial charge in [-0.25, -0.2) is 9.67 Å². The molecule has 3 aromatic heterocycles. The van der Waals surface area contributed by atoms with Crippen molar-refractivity contribution in [2.24, 2.45) is 0 Å². The number of fused-ring (bicyclic) bond motifs is 3. The van der Waals surface area contributed by atoms with Gasteiger partial charge >= 0.3 is 0 Å². The maximum absolute atomic E-state index is 6.95. The van der Waals surface area contributed by atoms with E-state index < -0.39 is 0 Å². The molecule has 9 aromatic rings. The van der Waals surface area contributed by atoms with Crippen LogP contribution in [0.5, 0.6) is 11.5 Å². The summed E-state index contributed by atoms with van der Waals surface area (Å²) in [7, 11) is 0. The highest BCUT2D eigenvalue weighted by molar-refractivity contribution is 6.11. The minimum Gasteiger partial charge on any atom is -0.457 e. The first-order valence-corrected chi connectivity index (χ1v) is 23.0. The van der Waals surface area contributed by atoms with Crippen LogP contribution < -0.4 is 4.74 Å². The molecule has 0 bridgehead atoms. The molecule has 0 atom stereocenters. The van der Waals surface area contributed by atoms with Crippen LogP contribution in [0.3, 0.4) is 0 Å². The van der Waals surface area contributed by atoms with Crippen molar-refractivity contribution < 1.29 is 4.74 Å². The number of benzene rings is 6. The number of pyridine rings is 1. The highest BCUT2D eigenvalue weighted by Crippen LogP contribution is 2.42. The number of ether oxygens (including phenoxy) is 1. The van der Waals surface area contributed by atoms with Crippen molar-refractivity contribution in [1.82, 2.24) is 19.3 Å². The summed E-state index contributed by atoms with van der Waals surface area (Å²) in [6, 6.07) is 50.2. The molecule has 0 saturated heterocycles. The lowest BCUT2D eigenvalue weighted by Crippen LogP contribution is -2.17. The second-order valence-corrected chi connectivity index (χ2v) is 21.8. The molecule has 0 unspecified atom stereocenters. The van der Waals surface area contributed by atoms with E-state index in [1.54, 1.807) is 0 Å². The zero-order valence-corrected chi connectivity index (χ0v) is 40.2. The molecule has 328 valence electrons. The lowest BCUT2D eigenvalue weighted by molar-refractivity contribution is 0.478. The van der Waals surface area contributed by atoms with Crippen molar-refractivity contribution in [3.8, 4) is 56.4 Å². The summed E-state index contributed by atoms with van der Waals surface area (Å²) in [4.78, 5) is 5.07. The predicted molar refractivity (Wildman–Crippen MR) is 273 cm³/mol. The van der Waals surface area contributed by atoms with Crippen molar-refractivity contribution in [2.75, 3.05) is 0 Å². The lowest BCUT2D eigenvalue weighted by atomic mass is 9.77. The van der Waals surface area contributed by atoms with Gasteiger partial charge in [0.1, 0.15) is 17.3 Å². The fourth-order valence-electron chi connectivity index (χ4n) is 9.12. The van der Waals surface area contributed by atoms with E-state index in [9.17, 15) is 0 Å². The molecular weight excluding hydrogens is 793 g/mol. The maximum Gasteiger partial charge on any atom is 0.138 e. The zero-order valence-electron chi connectivity index (χ0n) is 40.2. The third kappa shape index (κ3) is 8.53. The Labute approximate surface area is 385 Å². The summed E-state index contributed by atoms with van der Waals surface area (Å²) in [5, 5.41) is 7.36. The van der Waals surface area contributed by atoms with E-state index in [-0.39, 0.29) is 21.7 Å². The van der Waals surface area contributed by atoms with E-state index in [1.165, 1.54) is 38.8 Å². The normalized spacial score (nSPS) is 12.6. The SMILES string of the molecule is CC(C)(C)c1cc(Oc2ccc3c4c(C(C)(C)C)cccc4n(-c4cc(-c5ccccc5-c5ccccc5)ccn4)c3c2)cc(-n2cc(-c3ccc(C(C)(C)C)cc3C(C)(C)C)cn2)c1. The number of aromatic nitrogens is 4. The Bertz CT molecular complexity index is 3210. The molecule has 0 aliphatic rings. The number of hydrogen-bond acceptors (Lipinski definition) is 3. The number of nitrogens with zero attached hydrogens (tertiary/aromatic N) is 4. The van der Waals surface area contributed by atoms with E-state index in [1.807, 2.05) is 17.1 Å². The van der Waals surface area contributed by atoms with Gasteiger partial charge in [0.05, 0.1) is 22.9 Å². The molecular formula is C60H62N4O. The Kier molecular flexibility index (Phi) is 10.8. The van der Waals surface area contributed by atoms with E-state index in [0.29, 0.717) is 0 Å². The van der Waals surface area contributed by atoms with Crippen molar-refractivity contribution in [3.63, 3.8) is 0 Å². The summed E-state index contributed by atoms with van der Waals surface area (Å²) in [6.45, 7) is 27.3. The maximum atomic E-state index is 6.95. The van der Waals surface area contributed by atoms with E-state index >= 15 is 0 Å². The number of hydrogen-bond donors (Lipinski definition) is 0. The van der Waals surface area contributed by atoms with Gasteiger partial charge in [-0.3, -0.25) is 4.57 Å². The Morgan fingerprint density at radius 1 is 0.462 bits per heavy atom. The second kappa shape index (κ2) is 16.1. The van der Waals surface area contributed by atoms with Crippen molar-refractivity contribution in [1.29, 1.82) is 0 Å². The topological polar surface area (TPSA) is 44.9 Å². The summed E-state index contributed by atoms with van der Waals surface area (Å²) in [5.41, 5.74) is 14.9. The van der Waals surface area contributed by atoms with Gasteiger partial charge in [-0.2, -0.15) is 5.10 Å². The van der Waals surface area contributed by atoms with Crippen LogP contribution in [-0.4, -0.2) is 19.3 Å². The quantitative estimate of drug-likeness (QED) is 0.160. The highest BCUT2D eigenvalue weighted by atomic mass is 16.5. The molecule has 65 heavy (non-hydrogen) atoms. The molecule has 5 heteroatoms. The molecule has 3 heterocycles. The third-order valence-electron chi connectivity index (χ3n) is 12.7. The fourth-order valence-corrected chi connectivity index (χ4v) is 9.12. The molecule has 0 radical (unpaired) electrons. The molecule has 0 saturated carbocycles. The lowest BCUT2D eigenvalue weighted by Gasteiger charge is -2.27. The third-order valence-corrected chi connectivity index (χ3v) is 12.7. The molecule has 0 amide bonds. The van der Waals surface area contributed by atoms with Gasteiger partial charge in [-0.15, -0.1) is 0 Å². The first kappa shape index (κ1) is 43.5. The van der Waals surface area contributed by atoms with E-state index in [4.69, 9.17) is 14.8 Å². The van der Waals surface area contributed by atoms with Gasteiger partial charge in [0.2, 0.25) is 0 Å². The second-order valence-electron chi connectivity index (χ2n) is 21.8. The van der Waals surface area contributed by atoms with Gasteiger partial charge < -0.3 is 4.74 Å². The standard InChI is InChI=1S/C60H62N4O/c1-57(2,3)42-25-27-49(52(34-42)60(10,11)12)41-37-62-63(38-41)44-32-43(58(4,5)6)33-46(35-44)65-45-26-28-50-54(36-45)64(53-24-18-23-51(56(50)53)59(7,8)9)55-31-40(29-30-61-55)48-22-17-16-21-47(48)39-19-14-13-15-20-39/h13-38H,1-12H3. The van der Waals surface area contributed by atoms with Gasteiger partial charge in [0.15, 0.2) is 0 Å². The van der Waals surface area contributed by atoms with E-state index in [2.05, 4.69) is 233 Å². The van der Waals surface area contributed by atoms with Crippen LogP contribution >= 0.6 is 0 Å². The first-order chi connectivity index (χ1) is 30.7. The molecule has 0 aliphatic carbocycles. The largest absolute Gasteiger partial charge is 0.457 e. The molecule has 0 aliphatic heterocycles. The molecule has 9 rings (SSSR count). The van der Waals surface area contributed by atoms with Crippen LogP contribution in [0.4, 0.5) is 0 Å². The van der Waals surface area contributed by atoms with Crippen LogP contribution in [0.1, 0.15) is 105 Å². The number of rotatable bonds is 7. The molecule has 0 N–H and O–H groups in total. The van der Waals surface area contributed by atoms with Crippen molar-refractivity contribution >= 4 is 21.8 Å². The zero-order chi connectivity index (χ0) is 46.1. The highest BCUT2D eigenvalue weighted by Gasteiger charge is 2.26. The van der Waals surface area contributed by atoms with Crippen molar-refractivity contribution in [3.05, 3.63) is 180 Å². The first-order valence-electron chi connectivity index (χ1n) is 23.0. The van der Waals surface area contributed by atoms with Crippen LogP contribution in [0.2, 0.25) is 0 Å². The van der Waals surface area contributed by atoms with Gasteiger partial charge in [0.25, 0.3) is 0 Å². The average Bonchev–Trinajstić information content (AvgIpc) is 3.89. The smallest absolute Gasteiger partial charge is 0.138 e. The summed E-state index contributed by atoms with van der Waals surface area (Å²) < 4.78 is 11.3. The van der Waals surface area contributed by atoms with Gasteiger partial charge in [0, 0.05) is 40.9 Å². The summed E-state index contributed by atoms with van der Waals surface area (Å²) in [5.74, 6) is 2.35. The molecule has 0 spiro atoms. The Balaban J connectivity index is 1.16. The van der Waals surface area contributed by atoms with Crippen molar-refractivity contribution in [2.45, 2.75) is 105 Å². The minimum atomic E-state index is -0.137. The summed E-state index contributed by atoms with van der Waals surface area (Å²) in [6.07, 6.45) is 6.08. The predicted octanol–water partition coefficient (Wildman–Crippen LogP) is 16.3. The van der Waals surface area contributed by atoms with Crippen LogP contribution in [0.15, 0.2) is 158 Å². The molecule has 6 aromatic carbocycles. The molecule has 0 fully saturated rings. The fraction of sp³-hybridized carbons (Fsp3) is 0.267. The Morgan fingerprint density at radius 3 is 1.85 bits per heavy atom. The average molecular weight is 855 g/mol. The minimum absolute atomic E-state index is 0.0420.